The average molecular weight is 499 g/mol. The summed E-state index contributed by atoms with van der Waals surface area (Å²) in [7, 11) is 0. The van der Waals surface area contributed by atoms with E-state index in [1.807, 2.05) is 60.7 Å². The summed E-state index contributed by atoms with van der Waals surface area (Å²) in [6.45, 7) is 0.0215. The van der Waals surface area contributed by atoms with Crippen molar-refractivity contribution in [1.29, 1.82) is 0 Å². The molecule has 2 N–H and O–H groups in total. The number of Topliss-reactive ketones (excluding diaryl/α,β-unsaturated/α-hetero) is 2. The first-order valence-corrected chi connectivity index (χ1v) is 12.8. The standard InChI is InChI=1S/C30H30N2O5/c33-14-13-31-24-15-21(19-7-3-1-4-8-19)16-26(35)29(24)25(34)12-11-23-30-27(36)17-22(18-28(30)37-32-23)20-9-5-2-6-10-20/h1-10,21-22,33-34H,11-18H2/b29-25-,31-24?. The van der Waals surface area contributed by atoms with Crippen LogP contribution in [0.2, 0.25) is 0 Å². The summed E-state index contributed by atoms with van der Waals surface area (Å²) in [5.41, 5.74) is 3.92. The molecule has 3 aromatic rings. The third-order valence-corrected chi connectivity index (χ3v) is 7.25. The molecule has 0 saturated heterocycles. The summed E-state index contributed by atoms with van der Waals surface area (Å²) in [5, 5.41) is 24.5. The summed E-state index contributed by atoms with van der Waals surface area (Å²) >= 11 is 0. The quantitative estimate of drug-likeness (QED) is 0.353. The first-order chi connectivity index (χ1) is 18.0. The molecular formula is C30H30N2O5. The Morgan fingerprint density at radius 1 is 0.892 bits per heavy atom. The Hall–Kier alpha value is -3.84. The highest BCUT2D eigenvalue weighted by Crippen LogP contribution is 2.36. The number of carbonyl (C=O) groups is 2. The molecule has 5 rings (SSSR count). The van der Waals surface area contributed by atoms with Crippen LogP contribution in [0.15, 0.2) is 81.5 Å². The van der Waals surface area contributed by atoms with E-state index in [2.05, 4.69) is 10.1 Å². The van der Waals surface area contributed by atoms with Gasteiger partial charge in [-0.2, -0.15) is 0 Å². The third kappa shape index (κ3) is 5.32. The molecule has 7 nitrogen and oxygen atoms in total. The number of carbonyl (C=O) groups excluding carboxylic acids is 2. The number of aliphatic imine (C=N–C) groups is 1. The van der Waals surface area contributed by atoms with Crippen molar-refractivity contribution >= 4 is 17.3 Å². The van der Waals surface area contributed by atoms with Gasteiger partial charge >= 0.3 is 0 Å². The lowest BCUT2D eigenvalue weighted by Crippen LogP contribution is -2.27. The van der Waals surface area contributed by atoms with Crippen LogP contribution >= 0.6 is 0 Å². The van der Waals surface area contributed by atoms with Gasteiger partial charge in [0.2, 0.25) is 0 Å². The van der Waals surface area contributed by atoms with Crippen LogP contribution in [0.4, 0.5) is 0 Å². The smallest absolute Gasteiger partial charge is 0.168 e. The van der Waals surface area contributed by atoms with Gasteiger partial charge in [0.25, 0.3) is 0 Å². The second kappa shape index (κ2) is 11.0. The highest BCUT2D eigenvalue weighted by atomic mass is 16.5. The van der Waals surface area contributed by atoms with Gasteiger partial charge in [0.05, 0.1) is 30.0 Å². The van der Waals surface area contributed by atoms with E-state index < -0.39 is 0 Å². The molecule has 2 aliphatic rings. The van der Waals surface area contributed by atoms with Gasteiger partial charge in [0.1, 0.15) is 11.5 Å². The first-order valence-electron chi connectivity index (χ1n) is 12.8. The number of aromatic nitrogens is 1. The Kier molecular flexibility index (Phi) is 7.42. The average Bonchev–Trinajstić information content (AvgIpc) is 3.35. The molecule has 0 radical (unpaired) electrons. The molecule has 1 fully saturated rings. The summed E-state index contributed by atoms with van der Waals surface area (Å²) in [5.74, 6) is 0.370. The second-order valence-electron chi connectivity index (χ2n) is 9.68. The fourth-order valence-electron chi connectivity index (χ4n) is 5.44. The molecule has 2 atom stereocenters. The van der Waals surface area contributed by atoms with Gasteiger partial charge in [-0.3, -0.25) is 14.6 Å². The number of nitrogens with zero attached hydrogens (tertiary/aromatic N) is 2. The molecule has 0 aliphatic heterocycles. The number of allylic oxidation sites excluding steroid dienone is 2. The summed E-state index contributed by atoms with van der Waals surface area (Å²) in [6.07, 6.45) is 2.19. The molecule has 0 spiro atoms. The van der Waals surface area contributed by atoms with Gasteiger partial charge in [-0.25, -0.2) is 0 Å². The maximum Gasteiger partial charge on any atom is 0.168 e. The Morgan fingerprint density at radius 2 is 1.51 bits per heavy atom. The Balaban J connectivity index is 1.34. The molecule has 7 heteroatoms. The largest absolute Gasteiger partial charge is 0.511 e. The lowest BCUT2D eigenvalue weighted by molar-refractivity contribution is -0.116. The highest BCUT2D eigenvalue weighted by molar-refractivity contribution is 6.24. The zero-order valence-electron chi connectivity index (χ0n) is 20.6. The Morgan fingerprint density at radius 3 is 2.16 bits per heavy atom. The van der Waals surface area contributed by atoms with Gasteiger partial charge in [-0.1, -0.05) is 65.8 Å². The molecule has 2 aromatic carbocycles. The number of aryl methyl sites for hydroxylation is 1. The van der Waals surface area contributed by atoms with E-state index in [-0.39, 0.29) is 67.1 Å². The monoisotopic (exact) mass is 498 g/mol. The van der Waals surface area contributed by atoms with Crippen LogP contribution in [0.25, 0.3) is 0 Å². The molecule has 190 valence electrons. The van der Waals surface area contributed by atoms with Crippen molar-refractivity contribution < 1.29 is 24.3 Å². The number of fused-ring (bicyclic) bond motifs is 1. The van der Waals surface area contributed by atoms with Crippen LogP contribution in [0.1, 0.15) is 70.5 Å². The van der Waals surface area contributed by atoms with Crippen LogP contribution < -0.4 is 0 Å². The van der Waals surface area contributed by atoms with E-state index in [9.17, 15) is 19.8 Å². The Bertz CT molecular complexity index is 1340. The SMILES string of the molecule is O=C1CC(c2ccccc2)CC(=NCCO)/C1=C(/O)CCc1noc2c1C(=O)CC(c1ccccc1)C2. The van der Waals surface area contributed by atoms with Crippen molar-refractivity contribution in [2.45, 2.75) is 50.4 Å². The highest BCUT2D eigenvalue weighted by Gasteiger charge is 2.34. The van der Waals surface area contributed by atoms with E-state index in [1.54, 1.807) is 0 Å². The number of ketones is 2. The van der Waals surface area contributed by atoms with Crippen LogP contribution in [-0.4, -0.2) is 45.8 Å². The van der Waals surface area contributed by atoms with E-state index in [0.717, 1.165) is 11.1 Å². The van der Waals surface area contributed by atoms with Crippen LogP contribution in [-0.2, 0) is 17.6 Å². The lowest BCUT2D eigenvalue weighted by Gasteiger charge is -2.26. The van der Waals surface area contributed by atoms with Crippen LogP contribution in [0.5, 0.6) is 0 Å². The minimum atomic E-state index is -0.168. The predicted octanol–water partition coefficient (Wildman–Crippen LogP) is 4.91. The maximum atomic E-state index is 13.2. The number of benzene rings is 2. The van der Waals surface area contributed by atoms with Crippen LogP contribution in [0.3, 0.4) is 0 Å². The number of hydrogen-bond donors (Lipinski definition) is 2. The molecule has 0 bridgehead atoms. The van der Waals surface area contributed by atoms with Crippen molar-refractivity contribution in [2.75, 3.05) is 13.2 Å². The van der Waals surface area contributed by atoms with Crippen molar-refractivity contribution in [3.8, 4) is 0 Å². The fourth-order valence-corrected chi connectivity index (χ4v) is 5.44. The molecule has 0 amide bonds. The zero-order chi connectivity index (χ0) is 25.8. The number of rotatable bonds is 7. The van der Waals surface area contributed by atoms with E-state index in [4.69, 9.17) is 4.52 Å². The molecule has 1 aromatic heterocycles. The molecule has 1 heterocycles. The molecule has 37 heavy (non-hydrogen) atoms. The lowest BCUT2D eigenvalue weighted by atomic mass is 9.78. The second-order valence-corrected chi connectivity index (χ2v) is 9.68. The molecule has 2 aliphatic carbocycles. The van der Waals surface area contributed by atoms with Gasteiger partial charge in [0.15, 0.2) is 11.6 Å². The van der Waals surface area contributed by atoms with E-state index in [0.29, 0.717) is 42.0 Å². The van der Waals surface area contributed by atoms with Gasteiger partial charge in [-0.05, 0) is 29.4 Å². The Labute approximate surface area is 215 Å². The predicted molar refractivity (Wildman–Crippen MR) is 139 cm³/mol. The molecule has 1 saturated carbocycles. The maximum absolute atomic E-state index is 13.2. The summed E-state index contributed by atoms with van der Waals surface area (Å²) < 4.78 is 5.56. The number of aliphatic hydroxyl groups is 2. The summed E-state index contributed by atoms with van der Waals surface area (Å²) in [6, 6.07) is 19.7. The van der Waals surface area contributed by atoms with Gasteiger partial charge in [-0.15, -0.1) is 0 Å². The molecular weight excluding hydrogens is 468 g/mol. The topological polar surface area (TPSA) is 113 Å². The van der Waals surface area contributed by atoms with Gasteiger partial charge in [0, 0.05) is 37.8 Å². The van der Waals surface area contributed by atoms with E-state index in [1.165, 1.54) is 0 Å². The van der Waals surface area contributed by atoms with Crippen molar-refractivity contribution in [3.05, 3.63) is 100 Å². The molecule has 2 unspecified atom stereocenters. The number of aliphatic hydroxyl groups excluding tert-OH is 2. The van der Waals surface area contributed by atoms with Crippen LogP contribution in [0, 0.1) is 0 Å². The third-order valence-electron chi connectivity index (χ3n) is 7.25. The first kappa shape index (κ1) is 24.8. The summed E-state index contributed by atoms with van der Waals surface area (Å²) in [4.78, 5) is 30.6. The fraction of sp³-hybridized carbons (Fsp3) is 0.333. The zero-order valence-corrected chi connectivity index (χ0v) is 20.6. The van der Waals surface area contributed by atoms with Crippen molar-refractivity contribution in [1.82, 2.24) is 5.16 Å². The van der Waals surface area contributed by atoms with Crippen molar-refractivity contribution in [3.63, 3.8) is 0 Å². The minimum Gasteiger partial charge on any atom is -0.511 e. The van der Waals surface area contributed by atoms with Gasteiger partial charge < -0.3 is 14.7 Å². The minimum absolute atomic E-state index is 0.0110. The normalized spacial score (nSPS) is 22.2. The number of hydrogen-bond acceptors (Lipinski definition) is 7. The van der Waals surface area contributed by atoms with Crippen molar-refractivity contribution in [2.24, 2.45) is 4.99 Å². The van der Waals surface area contributed by atoms with E-state index >= 15 is 0 Å².